The van der Waals surface area contributed by atoms with Crippen LogP contribution in [0.2, 0.25) is 0 Å². The molecule has 1 aromatic carbocycles. The quantitative estimate of drug-likeness (QED) is 0.142. The molecule has 0 N–H and O–H groups in total. The molecule has 0 radical (unpaired) electrons. The number of hydrogen-bond donors (Lipinski definition) is 0. The van der Waals surface area contributed by atoms with E-state index in [1.807, 2.05) is 13.8 Å². The van der Waals surface area contributed by atoms with Gasteiger partial charge >= 0.3 is 47.8 Å². The Balaban J connectivity index is -0.000000352. The molecule has 0 aromatic heterocycles. The lowest BCUT2D eigenvalue weighted by Crippen LogP contribution is -2.27. The van der Waals surface area contributed by atoms with Gasteiger partial charge in [0.2, 0.25) is 0 Å². The molecule has 16 nitrogen and oxygen atoms in total. The van der Waals surface area contributed by atoms with E-state index in [0.717, 1.165) is 25.7 Å². The summed E-state index contributed by atoms with van der Waals surface area (Å²) in [5, 5.41) is 0. The van der Waals surface area contributed by atoms with Crippen LogP contribution in [0.3, 0.4) is 0 Å². The Morgan fingerprint density at radius 3 is 1.05 bits per heavy atom. The topological polar surface area (TPSA) is 210 Å². The predicted molar refractivity (Wildman–Crippen MR) is 229 cm³/mol. The first-order valence-corrected chi connectivity index (χ1v) is 18.9. The minimum atomic E-state index is -0.429. The standard InChI is InChI=1S/C10H16O4.2C10H14O4.C10H10O4.C2H6.3CH4/c4*1-13-9(11)7-3-5-8(6-4-7)10(12)14-2;1-2;;;/h7-8H,3-6H2,1-2H3;3,8H,4-6H2,1-2H3;3,5,7-8H,4,6H2,1-2H3;3-6H,1-2H3;1-2H3;3*1H4/i;;;;;1TD;;. The summed E-state index contributed by atoms with van der Waals surface area (Å²) in [6.45, 7) is 4.00. The van der Waals surface area contributed by atoms with E-state index in [0.29, 0.717) is 48.8 Å². The number of methoxy groups -OCH3 is 8. The molecule has 0 amide bonds. The average molecular weight is 872 g/mol. The second-order valence-corrected chi connectivity index (χ2v) is 12.6. The summed E-state index contributed by atoms with van der Waals surface area (Å²) < 4.78 is 48.5. The van der Waals surface area contributed by atoms with Gasteiger partial charge in [-0.2, -0.15) is 0 Å². The number of carbonyl (C=O) groups excluding carboxylic acids is 8. The molecule has 16 heteroatoms. The molecular weight excluding hydrogens is 796 g/mol. The molecule has 0 bridgehead atoms. The third kappa shape index (κ3) is 22.0. The van der Waals surface area contributed by atoms with Gasteiger partial charge in [-0.25, -0.2) is 14.4 Å². The van der Waals surface area contributed by atoms with Gasteiger partial charge in [0.25, 0.3) is 0 Å². The fourth-order valence-electron chi connectivity index (χ4n) is 5.92. The summed E-state index contributed by atoms with van der Waals surface area (Å²) in [6.07, 6.45) is 11.2. The van der Waals surface area contributed by atoms with Crippen LogP contribution in [0.25, 0.3) is 0 Å². The van der Waals surface area contributed by atoms with Crippen LogP contribution in [-0.2, 0) is 66.7 Å². The third-order valence-corrected chi connectivity index (χ3v) is 9.29. The molecule has 4 rings (SSSR count). The molecule has 1 saturated carbocycles. The summed E-state index contributed by atoms with van der Waals surface area (Å²) in [4.78, 5) is 88.9. The van der Waals surface area contributed by atoms with E-state index in [4.69, 9.17) is 2.74 Å². The van der Waals surface area contributed by atoms with Gasteiger partial charge < -0.3 is 37.9 Å². The molecule has 61 heavy (non-hydrogen) atoms. The van der Waals surface area contributed by atoms with Gasteiger partial charge in [-0.15, -0.1) is 0 Å². The Morgan fingerprint density at radius 2 is 0.803 bits per heavy atom. The molecule has 3 unspecified atom stereocenters. The molecule has 3 aliphatic carbocycles. The van der Waals surface area contributed by atoms with Gasteiger partial charge in [-0.05, 0) is 82.1 Å². The van der Waals surface area contributed by atoms with Crippen LogP contribution in [0.4, 0.5) is 0 Å². The lowest BCUT2D eigenvalue weighted by atomic mass is 9.82. The van der Waals surface area contributed by atoms with Crippen LogP contribution < -0.4 is 0 Å². The molecule has 0 saturated heterocycles. The minimum Gasteiger partial charge on any atom is -0.469 e. The lowest BCUT2D eigenvalue weighted by Gasteiger charge is -2.24. The molecule has 348 valence electrons. The fourth-order valence-corrected chi connectivity index (χ4v) is 5.92. The smallest absolute Gasteiger partial charge is 0.337 e. The molecule has 0 aliphatic heterocycles. The number of rotatable bonds is 8. The third-order valence-electron chi connectivity index (χ3n) is 9.29. The van der Waals surface area contributed by atoms with Crippen molar-refractivity contribution < 1.29 is 79.0 Å². The highest BCUT2D eigenvalue weighted by Gasteiger charge is 2.31. The van der Waals surface area contributed by atoms with E-state index in [1.54, 1.807) is 18.2 Å². The largest absolute Gasteiger partial charge is 0.469 e. The summed E-state index contributed by atoms with van der Waals surface area (Å²) in [5.41, 5.74) is 1.47. The average Bonchev–Trinajstić information content (AvgIpc) is 3.33. The van der Waals surface area contributed by atoms with Crippen LogP contribution in [0, 0.1) is 29.6 Å². The van der Waals surface area contributed by atoms with E-state index in [9.17, 15) is 38.4 Å². The van der Waals surface area contributed by atoms with E-state index in [2.05, 4.69) is 37.9 Å². The Bertz CT molecular complexity index is 1480. The van der Waals surface area contributed by atoms with E-state index in [1.165, 1.54) is 81.1 Å². The first-order valence-electron chi connectivity index (χ1n) is 20.3. The van der Waals surface area contributed by atoms with Gasteiger partial charge in [0.15, 0.2) is 0 Å². The minimum absolute atomic E-state index is 0. The highest BCUT2D eigenvalue weighted by molar-refractivity contribution is 5.93. The van der Waals surface area contributed by atoms with Crippen LogP contribution in [0.5, 0.6) is 0 Å². The summed E-state index contributed by atoms with van der Waals surface area (Å²) in [6, 6.07) is 6.05. The number of carbonyl (C=O) groups is 8. The number of allylic oxidation sites excluding steroid dienone is 1. The van der Waals surface area contributed by atoms with Gasteiger partial charge in [-0.1, -0.05) is 54.3 Å². The van der Waals surface area contributed by atoms with Crippen LogP contribution in [-0.4, -0.2) is 105 Å². The summed E-state index contributed by atoms with van der Waals surface area (Å²) in [5.74, 6) is -2.74. The number of hydrogen-bond acceptors (Lipinski definition) is 16. The van der Waals surface area contributed by atoms with Crippen LogP contribution in [0.15, 0.2) is 48.1 Å². The maximum Gasteiger partial charge on any atom is 0.337 e. The maximum absolute atomic E-state index is 11.2. The van der Waals surface area contributed by atoms with Gasteiger partial charge in [0, 0.05) is 8.31 Å². The number of esters is 8. The SMILES string of the molecule is C.C.CC.COC(=O)C1=CCC(C(=O)OC)CC1.COC(=O)C1C=CC(C(=O)OC)CC1.COC(=O)C1CCC(C(=O)OC)CC1.COC(=O)c1ccc(C(=O)OC)cc1.[2H]C[3H]. The normalized spacial score (nSPS) is 19.4. The van der Waals surface area contributed by atoms with Crippen molar-refractivity contribution in [1.82, 2.24) is 0 Å². The first-order chi connectivity index (χ1) is 29.2. The van der Waals surface area contributed by atoms with Crippen molar-refractivity contribution in [2.75, 3.05) is 56.9 Å². The Kier molecular flexibility index (Phi) is 33.2. The molecule has 0 spiro atoms. The monoisotopic (exact) mass is 871 g/mol. The van der Waals surface area contributed by atoms with Crippen LogP contribution in [0.1, 0.15) is 117 Å². The predicted octanol–water partition coefficient (Wildman–Crippen LogP) is 7.31. The second-order valence-electron chi connectivity index (χ2n) is 12.6. The lowest BCUT2D eigenvalue weighted by molar-refractivity contribution is -0.151. The van der Waals surface area contributed by atoms with Crippen molar-refractivity contribution in [3.8, 4) is 0 Å². The van der Waals surface area contributed by atoms with Crippen molar-refractivity contribution >= 4 is 47.8 Å². The summed E-state index contributed by atoms with van der Waals surface area (Å²) in [7, 11) is 10.6. The van der Waals surface area contributed by atoms with Gasteiger partial charge in [0.1, 0.15) is 0 Å². The molecule has 1 aromatic rings. The first kappa shape index (κ1) is 57.6. The summed E-state index contributed by atoms with van der Waals surface area (Å²) >= 11 is 0. The zero-order valence-electron chi connectivity index (χ0n) is 38.0. The van der Waals surface area contributed by atoms with Crippen molar-refractivity contribution in [1.29, 1.82) is 0 Å². The zero-order chi connectivity index (χ0) is 46.9. The van der Waals surface area contributed by atoms with E-state index >= 15 is 0 Å². The second kappa shape index (κ2) is 35.2. The van der Waals surface area contributed by atoms with Gasteiger partial charge in [-0.3, -0.25) is 24.0 Å². The molecule has 1 fully saturated rings. The number of ether oxygens (including phenoxy) is 8. The van der Waals surface area contributed by atoms with Crippen LogP contribution >= 0.6 is 0 Å². The Morgan fingerprint density at radius 1 is 0.492 bits per heavy atom. The molecule has 3 aliphatic rings. The van der Waals surface area contributed by atoms with Crippen molar-refractivity contribution in [2.24, 2.45) is 29.6 Å². The zero-order valence-corrected chi connectivity index (χ0v) is 36.0. The number of benzene rings is 1. The highest BCUT2D eigenvalue weighted by atomic mass is 16.5. The Labute approximate surface area is 365 Å². The van der Waals surface area contributed by atoms with E-state index < -0.39 is 11.9 Å². The molecule has 3 atom stereocenters. The van der Waals surface area contributed by atoms with E-state index in [-0.39, 0.29) is 87.6 Å². The van der Waals surface area contributed by atoms with Gasteiger partial charge in [0.05, 0.1) is 97.6 Å². The molecule has 0 heterocycles. The van der Waals surface area contributed by atoms with Crippen molar-refractivity contribution in [2.45, 2.75) is 93.9 Å². The maximum atomic E-state index is 11.2. The Hall–Kier alpha value is -5.54. The van der Waals surface area contributed by atoms with Crippen molar-refractivity contribution in [3.05, 3.63) is 59.2 Å². The fraction of sp³-hybridized carbons (Fsp3) is 0.600. The highest BCUT2D eigenvalue weighted by Crippen LogP contribution is 2.30. The van der Waals surface area contributed by atoms with Crippen molar-refractivity contribution in [3.63, 3.8) is 0 Å². The molecular formula is C45H72O16.